The van der Waals surface area contributed by atoms with Crippen molar-refractivity contribution in [1.29, 1.82) is 0 Å². The molecule has 0 spiro atoms. The van der Waals surface area contributed by atoms with Crippen LogP contribution in [0.1, 0.15) is 30.7 Å². The lowest BCUT2D eigenvalue weighted by atomic mass is 10.0. The Kier molecular flexibility index (Phi) is 5.07. The molecule has 0 radical (unpaired) electrons. The summed E-state index contributed by atoms with van der Waals surface area (Å²) in [6.45, 7) is 6.68. The summed E-state index contributed by atoms with van der Waals surface area (Å²) in [6, 6.07) is 11.3. The molecule has 0 saturated heterocycles. The molecule has 0 amide bonds. The van der Waals surface area contributed by atoms with E-state index in [1.54, 1.807) is 6.07 Å². The highest BCUT2D eigenvalue weighted by molar-refractivity contribution is 6.30. The Morgan fingerprint density at radius 3 is 2.46 bits per heavy atom. The number of aromatic nitrogens is 1. The predicted molar refractivity (Wildman–Crippen MR) is 96.6 cm³/mol. The number of hydrogen-bond acceptors (Lipinski definition) is 4. The molecule has 0 aliphatic rings. The molecule has 0 aliphatic heterocycles. The molecule has 1 N–H and O–H groups in total. The van der Waals surface area contributed by atoms with Gasteiger partial charge in [-0.3, -0.25) is 4.90 Å². The van der Waals surface area contributed by atoms with Crippen LogP contribution in [0.4, 0.5) is 0 Å². The molecule has 1 heterocycles. The lowest BCUT2D eigenvalue weighted by Crippen LogP contribution is -2.22. The molecule has 0 saturated carbocycles. The summed E-state index contributed by atoms with van der Waals surface area (Å²) in [5.41, 5.74) is 3.46. The fourth-order valence-corrected chi connectivity index (χ4v) is 2.97. The highest BCUT2D eigenvalue weighted by Gasteiger charge is 2.17. The fourth-order valence-electron chi connectivity index (χ4n) is 2.85. The van der Waals surface area contributed by atoms with E-state index in [1.165, 1.54) is 0 Å². The van der Waals surface area contributed by atoms with Crippen molar-refractivity contribution in [3.8, 4) is 5.75 Å². The van der Waals surface area contributed by atoms with Crippen molar-refractivity contribution in [2.45, 2.75) is 26.8 Å². The quantitative estimate of drug-likeness (QED) is 0.709. The number of phenolic OH excluding ortho intramolecular Hbond substituents is 1. The second-order valence-corrected chi connectivity index (χ2v) is 6.27. The average Bonchev–Trinajstić information content (AvgIpc) is 2.99. The van der Waals surface area contributed by atoms with Gasteiger partial charge in [-0.15, -0.1) is 0 Å². The van der Waals surface area contributed by atoms with Crippen LogP contribution in [0.15, 0.2) is 40.9 Å². The third-order valence-corrected chi connectivity index (χ3v) is 4.61. The third-order valence-electron chi connectivity index (χ3n) is 4.35. The van der Waals surface area contributed by atoms with Crippen LogP contribution in [0.25, 0.3) is 11.0 Å². The maximum atomic E-state index is 10.2. The van der Waals surface area contributed by atoms with Gasteiger partial charge in [0.25, 0.3) is 0 Å². The van der Waals surface area contributed by atoms with Crippen LogP contribution in [0.5, 0.6) is 5.75 Å². The molecule has 3 rings (SSSR count). The van der Waals surface area contributed by atoms with Gasteiger partial charge in [-0.25, -0.2) is 0 Å². The second-order valence-electron chi connectivity index (χ2n) is 5.83. The van der Waals surface area contributed by atoms with E-state index in [2.05, 4.69) is 23.9 Å². The summed E-state index contributed by atoms with van der Waals surface area (Å²) in [7, 11) is 0. The van der Waals surface area contributed by atoms with Gasteiger partial charge >= 0.3 is 0 Å². The number of benzene rings is 2. The first kappa shape index (κ1) is 16.8. The normalized spacial score (nSPS) is 11.5. The Morgan fingerprint density at radius 1 is 1.08 bits per heavy atom. The second kappa shape index (κ2) is 7.24. The van der Waals surface area contributed by atoms with Crippen LogP contribution < -0.4 is 0 Å². The monoisotopic (exact) mass is 344 g/mol. The Bertz CT molecular complexity index is 823. The van der Waals surface area contributed by atoms with E-state index in [0.717, 1.165) is 40.3 Å². The molecule has 5 heteroatoms. The van der Waals surface area contributed by atoms with Crippen LogP contribution in [-0.4, -0.2) is 28.3 Å². The van der Waals surface area contributed by atoms with Crippen molar-refractivity contribution in [3.05, 3.63) is 58.2 Å². The Balaban J connectivity index is 1.96. The Morgan fingerprint density at radius 2 is 1.79 bits per heavy atom. The zero-order valence-corrected chi connectivity index (χ0v) is 14.7. The topological polar surface area (TPSA) is 49.5 Å². The van der Waals surface area contributed by atoms with Crippen LogP contribution >= 0.6 is 11.6 Å². The highest BCUT2D eigenvalue weighted by Crippen LogP contribution is 2.31. The lowest BCUT2D eigenvalue weighted by Gasteiger charge is -2.18. The van der Waals surface area contributed by atoms with Gasteiger partial charge in [0.05, 0.1) is 11.3 Å². The van der Waals surface area contributed by atoms with E-state index in [1.807, 2.05) is 30.3 Å². The number of halogens is 1. The first-order chi connectivity index (χ1) is 11.6. The predicted octanol–water partition coefficient (Wildman–Crippen LogP) is 4.62. The largest absolute Gasteiger partial charge is 0.507 e. The molecule has 0 atom stereocenters. The maximum absolute atomic E-state index is 10.2. The van der Waals surface area contributed by atoms with E-state index in [0.29, 0.717) is 18.5 Å². The van der Waals surface area contributed by atoms with Gasteiger partial charge in [0.1, 0.15) is 5.75 Å². The van der Waals surface area contributed by atoms with Gasteiger partial charge in [0.2, 0.25) is 0 Å². The molecular weight excluding hydrogens is 324 g/mol. The summed E-state index contributed by atoms with van der Waals surface area (Å²) in [4.78, 5) is 2.23. The van der Waals surface area contributed by atoms with Gasteiger partial charge in [0, 0.05) is 23.4 Å². The minimum absolute atomic E-state index is 0.253. The average molecular weight is 345 g/mol. The third kappa shape index (κ3) is 3.40. The van der Waals surface area contributed by atoms with Crippen molar-refractivity contribution in [2.24, 2.45) is 0 Å². The Hall–Kier alpha value is -2.04. The standard InChI is InChI=1S/C19H21ClN2O2/c1-3-22(4-2)12-16-18(23)10-9-15-17(21-24-19(15)16)11-13-5-7-14(20)8-6-13/h5-10,23H,3-4,11-12H2,1-2H3. The van der Waals surface area contributed by atoms with Gasteiger partial charge in [-0.1, -0.05) is 42.7 Å². The van der Waals surface area contributed by atoms with Gasteiger partial charge in [-0.05, 0) is 42.9 Å². The number of rotatable bonds is 6. The molecule has 0 unspecified atom stereocenters. The van der Waals surface area contributed by atoms with Gasteiger partial charge in [0.15, 0.2) is 5.58 Å². The summed E-state index contributed by atoms with van der Waals surface area (Å²) in [6.07, 6.45) is 0.666. The minimum atomic E-state index is 0.253. The summed E-state index contributed by atoms with van der Waals surface area (Å²) < 4.78 is 5.58. The minimum Gasteiger partial charge on any atom is -0.507 e. The van der Waals surface area contributed by atoms with E-state index < -0.39 is 0 Å². The molecule has 1 aromatic heterocycles. The summed E-state index contributed by atoms with van der Waals surface area (Å²) in [5.74, 6) is 0.253. The molecule has 2 aromatic carbocycles. The first-order valence-corrected chi connectivity index (χ1v) is 8.56. The molecule has 0 bridgehead atoms. The molecule has 3 aromatic rings. The van der Waals surface area contributed by atoms with Crippen molar-refractivity contribution in [3.63, 3.8) is 0 Å². The Labute approximate surface area is 146 Å². The molecule has 4 nitrogen and oxygen atoms in total. The van der Waals surface area contributed by atoms with Crippen LogP contribution in [0.3, 0.4) is 0 Å². The smallest absolute Gasteiger partial charge is 0.175 e. The maximum Gasteiger partial charge on any atom is 0.175 e. The number of nitrogens with zero attached hydrogens (tertiary/aromatic N) is 2. The highest BCUT2D eigenvalue weighted by atomic mass is 35.5. The lowest BCUT2D eigenvalue weighted by molar-refractivity contribution is 0.289. The fraction of sp³-hybridized carbons (Fsp3) is 0.316. The summed E-state index contributed by atoms with van der Waals surface area (Å²) in [5, 5.41) is 16.2. The first-order valence-electron chi connectivity index (χ1n) is 8.18. The zero-order valence-electron chi connectivity index (χ0n) is 13.9. The van der Waals surface area contributed by atoms with E-state index in [4.69, 9.17) is 16.1 Å². The zero-order chi connectivity index (χ0) is 17.1. The molecule has 0 fully saturated rings. The van der Waals surface area contributed by atoms with Crippen molar-refractivity contribution >= 4 is 22.6 Å². The van der Waals surface area contributed by atoms with Crippen molar-refractivity contribution in [1.82, 2.24) is 10.1 Å². The SMILES string of the molecule is CCN(CC)Cc1c(O)ccc2c(Cc3ccc(Cl)cc3)noc12. The number of fused-ring (bicyclic) bond motifs is 1. The molecule has 0 aliphatic carbocycles. The van der Waals surface area contributed by atoms with Crippen molar-refractivity contribution in [2.75, 3.05) is 13.1 Å². The van der Waals surface area contributed by atoms with E-state index >= 15 is 0 Å². The molecule has 126 valence electrons. The van der Waals surface area contributed by atoms with E-state index in [-0.39, 0.29) is 5.75 Å². The summed E-state index contributed by atoms with van der Waals surface area (Å²) >= 11 is 5.94. The number of hydrogen-bond donors (Lipinski definition) is 1. The van der Waals surface area contributed by atoms with E-state index in [9.17, 15) is 5.11 Å². The van der Waals surface area contributed by atoms with Crippen LogP contribution in [0, 0.1) is 0 Å². The van der Waals surface area contributed by atoms with Gasteiger partial charge < -0.3 is 9.63 Å². The number of phenols is 1. The number of aromatic hydroxyl groups is 1. The molecular formula is C19H21ClN2O2. The van der Waals surface area contributed by atoms with Crippen LogP contribution in [-0.2, 0) is 13.0 Å². The van der Waals surface area contributed by atoms with Gasteiger partial charge in [-0.2, -0.15) is 0 Å². The molecule has 24 heavy (non-hydrogen) atoms. The van der Waals surface area contributed by atoms with Crippen LogP contribution in [0.2, 0.25) is 5.02 Å². The van der Waals surface area contributed by atoms with Crippen molar-refractivity contribution < 1.29 is 9.63 Å².